The molecule has 4 rings (SSSR count). The highest BCUT2D eigenvalue weighted by Crippen LogP contribution is 2.29. The maximum atomic E-state index is 12.6. The third kappa shape index (κ3) is 3.33. The van der Waals surface area contributed by atoms with Crippen molar-refractivity contribution in [3.63, 3.8) is 0 Å². The van der Waals surface area contributed by atoms with Gasteiger partial charge in [-0.2, -0.15) is 10.2 Å². The summed E-state index contributed by atoms with van der Waals surface area (Å²) in [6, 6.07) is 11.2. The summed E-state index contributed by atoms with van der Waals surface area (Å²) in [5.74, 6) is 0.588. The van der Waals surface area contributed by atoms with Crippen molar-refractivity contribution in [2.24, 2.45) is 7.05 Å². The average molecular weight is 351 g/mol. The first kappa shape index (κ1) is 16.4. The van der Waals surface area contributed by atoms with Crippen molar-refractivity contribution >= 4 is 5.91 Å². The van der Waals surface area contributed by atoms with E-state index in [1.54, 1.807) is 16.9 Å². The molecule has 0 aliphatic heterocycles. The first-order valence-corrected chi connectivity index (χ1v) is 8.73. The molecule has 0 spiro atoms. The third-order valence-corrected chi connectivity index (χ3v) is 4.66. The van der Waals surface area contributed by atoms with Gasteiger partial charge in [0.1, 0.15) is 11.4 Å². The molecule has 26 heavy (non-hydrogen) atoms. The Morgan fingerprint density at radius 3 is 3.00 bits per heavy atom. The number of hydrogen-bond donors (Lipinski definition) is 1. The van der Waals surface area contributed by atoms with Gasteiger partial charge in [-0.15, -0.1) is 0 Å². The van der Waals surface area contributed by atoms with Gasteiger partial charge in [-0.25, -0.2) is 4.68 Å². The minimum atomic E-state index is -0.176. The Balaban J connectivity index is 1.39. The van der Waals surface area contributed by atoms with Crippen molar-refractivity contribution in [2.45, 2.75) is 32.0 Å². The summed E-state index contributed by atoms with van der Waals surface area (Å²) in [4.78, 5) is 12.6. The first-order valence-electron chi connectivity index (χ1n) is 8.73. The summed E-state index contributed by atoms with van der Waals surface area (Å²) in [5, 5.41) is 11.7. The van der Waals surface area contributed by atoms with E-state index in [4.69, 9.17) is 4.74 Å². The van der Waals surface area contributed by atoms with Crippen molar-refractivity contribution in [1.82, 2.24) is 24.9 Å². The van der Waals surface area contributed by atoms with Crippen LogP contribution in [0, 0.1) is 0 Å². The second-order valence-corrected chi connectivity index (χ2v) is 6.42. The lowest BCUT2D eigenvalue weighted by Crippen LogP contribution is -2.31. The SMILES string of the molecule is Cn1ncc2c1CCCC2NC(=O)c1ccn(COc2ccccc2)n1. The van der Waals surface area contributed by atoms with Crippen LogP contribution < -0.4 is 10.1 Å². The number of carbonyl (C=O) groups excluding carboxylic acids is 1. The molecule has 0 radical (unpaired) electrons. The van der Waals surface area contributed by atoms with Gasteiger partial charge in [0.15, 0.2) is 6.73 Å². The molecule has 1 atom stereocenters. The van der Waals surface area contributed by atoms with Crippen LogP contribution in [0.4, 0.5) is 0 Å². The molecule has 3 aromatic rings. The molecule has 134 valence electrons. The molecule has 0 saturated carbocycles. The van der Waals surface area contributed by atoms with Crippen molar-refractivity contribution in [1.29, 1.82) is 0 Å². The van der Waals surface area contributed by atoms with E-state index >= 15 is 0 Å². The predicted octanol–water partition coefficient (Wildman–Crippen LogP) is 2.46. The normalized spacial score (nSPS) is 16.1. The minimum absolute atomic E-state index is 0.00864. The van der Waals surface area contributed by atoms with E-state index in [2.05, 4.69) is 15.5 Å². The lowest BCUT2D eigenvalue weighted by molar-refractivity contribution is 0.0925. The molecule has 0 fully saturated rings. The number of para-hydroxylation sites is 1. The Morgan fingerprint density at radius 1 is 1.31 bits per heavy atom. The molecule has 0 bridgehead atoms. The monoisotopic (exact) mass is 351 g/mol. The molecule has 1 amide bonds. The smallest absolute Gasteiger partial charge is 0.272 e. The number of rotatable bonds is 5. The van der Waals surface area contributed by atoms with E-state index in [-0.39, 0.29) is 18.7 Å². The van der Waals surface area contributed by atoms with Crippen LogP contribution in [0.25, 0.3) is 0 Å². The average Bonchev–Trinajstić information content (AvgIpc) is 3.29. The Morgan fingerprint density at radius 2 is 2.15 bits per heavy atom. The van der Waals surface area contributed by atoms with Crippen LogP contribution in [0.15, 0.2) is 48.8 Å². The standard InChI is InChI=1S/C19H21N5O2/c1-23-18-9-5-8-16(15(18)12-20-23)21-19(25)17-10-11-24(22-17)13-26-14-6-3-2-4-7-14/h2-4,6-7,10-12,16H,5,8-9,13H2,1H3,(H,21,25). The fourth-order valence-corrected chi connectivity index (χ4v) is 3.30. The summed E-state index contributed by atoms with van der Waals surface area (Å²) in [6.07, 6.45) is 6.56. The topological polar surface area (TPSA) is 74.0 Å². The van der Waals surface area contributed by atoms with E-state index in [9.17, 15) is 4.79 Å². The highest BCUT2D eigenvalue weighted by atomic mass is 16.5. The van der Waals surface area contributed by atoms with Crippen molar-refractivity contribution in [3.8, 4) is 5.75 Å². The van der Waals surface area contributed by atoms with E-state index in [0.717, 1.165) is 30.6 Å². The van der Waals surface area contributed by atoms with Gasteiger partial charge in [0, 0.05) is 24.5 Å². The number of aryl methyl sites for hydroxylation is 1. The van der Waals surface area contributed by atoms with E-state index < -0.39 is 0 Å². The molecule has 2 heterocycles. The quantitative estimate of drug-likeness (QED) is 0.766. The fourth-order valence-electron chi connectivity index (χ4n) is 3.30. The fraction of sp³-hybridized carbons (Fsp3) is 0.316. The molecule has 1 aliphatic rings. The molecule has 1 aromatic carbocycles. The highest BCUT2D eigenvalue weighted by molar-refractivity contribution is 5.92. The zero-order valence-electron chi connectivity index (χ0n) is 14.6. The van der Waals surface area contributed by atoms with Crippen LogP contribution in [-0.4, -0.2) is 25.5 Å². The van der Waals surface area contributed by atoms with E-state index in [1.165, 1.54) is 5.69 Å². The van der Waals surface area contributed by atoms with Gasteiger partial charge in [0.05, 0.1) is 12.2 Å². The number of aromatic nitrogens is 4. The maximum absolute atomic E-state index is 12.6. The van der Waals surface area contributed by atoms with Gasteiger partial charge >= 0.3 is 0 Å². The number of ether oxygens (including phenoxy) is 1. The van der Waals surface area contributed by atoms with Gasteiger partial charge in [-0.1, -0.05) is 18.2 Å². The number of benzene rings is 1. The van der Waals surface area contributed by atoms with Crippen molar-refractivity contribution in [2.75, 3.05) is 0 Å². The zero-order chi connectivity index (χ0) is 17.9. The Bertz CT molecular complexity index is 900. The Labute approximate surface area is 151 Å². The van der Waals surface area contributed by atoms with Gasteiger partial charge in [-0.05, 0) is 37.5 Å². The van der Waals surface area contributed by atoms with Crippen molar-refractivity contribution < 1.29 is 9.53 Å². The second kappa shape index (κ2) is 7.03. The summed E-state index contributed by atoms with van der Waals surface area (Å²) < 4.78 is 9.14. The molecular weight excluding hydrogens is 330 g/mol. The summed E-state index contributed by atoms with van der Waals surface area (Å²) in [6.45, 7) is 0.257. The van der Waals surface area contributed by atoms with Crippen LogP contribution in [0.1, 0.15) is 40.6 Å². The molecule has 1 N–H and O–H groups in total. The summed E-state index contributed by atoms with van der Waals surface area (Å²) in [7, 11) is 1.94. The van der Waals surface area contributed by atoms with Crippen LogP contribution >= 0.6 is 0 Å². The van der Waals surface area contributed by atoms with Gasteiger partial charge in [-0.3, -0.25) is 9.48 Å². The first-order chi connectivity index (χ1) is 12.7. The van der Waals surface area contributed by atoms with Gasteiger partial charge < -0.3 is 10.1 Å². The number of hydrogen-bond acceptors (Lipinski definition) is 4. The molecule has 7 heteroatoms. The zero-order valence-corrected chi connectivity index (χ0v) is 14.6. The van der Waals surface area contributed by atoms with Crippen LogP contribution in [0.2, 0.25) is 0 Å². The lowest BCUT2D eigenvalue weighted by Gasteiger charge is -2.23. The molecule has 0 saturated heterocycles. The van der Waals surface area contributed by atoms with E-state index in [0.29, 0.717) is 5.69 Å². The summed E-state index contributed by atoms with van der Waals surface area (Å²) in [5.41, 5.74) is 2.69. The number of nitrogens with zero attached hydrogens (tertiary/aromatic N) is 4. The number of nitrogens with one attached hydrogen (secondary N) is 1. The molecule has 7 nitrogen and oxygen atoms in total. The number of carbonyl (C=O) groups is 1. The molecule has 1 unspecified atom stereocenters. The van der Waals surface area contributed by atoms with E-state index in [1.807, 2.05) is 48.3 Å². The Hall–Kier alpha value is -3.09. The van der Waals surface area contributed by atoms with Crippen LogP contribution in [-0.2, 0) is 20.2 Å². The lowest BCUT2D eigenvalue weighted by atomic mass is 9.93. The number of fused-ring (bicyclic) bond motifs is 1. The molecule has 1 aliphatic carbocycles. The maximum Gasteiger partial charge on any atom is 0.272 e. The van der Waals surface area contributed by atoms with Gasteiger partial charge in [0.2, 0.25) is 0 Å². The minimum Gasteiger partial charge on any atom is -0.471 e. The largest absolute Gasteiger partial charge is 0.471 e. The molecular formula is C19H21N5O2. The molecule has 2 aromatic heterocycles. The van der Waals surface area contributed by atoms with Crippen LogP contribution in [0.5, 0.6) is 5.75 Å². The highest BCUT2D eigenvalue weighted by Gasteiger charge is 2.25. The second-order valence-electron chi connectivity index (χ2n) is 6.42. The predicted molar refractivity (Wildman–Crippen MR) is 95.7 cm³/mol. The van der Waals surface area contributed by atoms with Crippen molar-refractivity contribution in [3.05, 3.63) is 65.7 Å². The van der Waals surface area contributed by atoms with Gasteiger partial charge in [0.25, 0.3) is 5.91 Å². The Kier molecular flexibility index (Phi) is 4.43. The third-order valence-electron chi connectivity index (χ3n) is 4.66. The van der Waals surface area contributed by atoms with Crippen LogP contribution in [0.3, 0.4) is 0 Å². The summed E-state index contributed by atoms with van der Waals surface area (Å²) >= 11 is 0. The number of amides is 1.